The lowest BCUT2D eigenvalue weighted by Gasteiger charge is -2.49. The van der Waals surface area contributed by atoms with Gasteiger partial charge in [0.05, 0.1) is 7.11 Å². The smallest absolute Gasteiger partial charge is 0.323 e. The lowest BCUT2D eigenvalue weighted by atomic mass is 9.86. The minimum absolute atomic E-state index is 0.0514. The number of carbonyl (C=O) groups is 2. The Kier molecular flexibility index (Phi) is 6.01. The van der Waals surface area contributed by atoms with Crippen molar-refractivity contribution in [2.45, 2.75) is 31.3 Å². The highest BCUT2D eigenvalue weighted by Crippen LogP contribution is 2.33. The minimum atomic E-state index is -0.950. The Hall–Kier alpha value is -2.12. The molecule has 1 spiro atoms. The molecule has 2 saturated heterocycles. The normalized spacial score (nSPS) is 24.8. The number of carboxylic acids is 1. The van der Waals surface area contributed by atoms with Crippen LogP contribution in [0.15, 0.2) is 24.3 Å². The van der Waals surface area contributed by atoms with Gasteiger partial charge in [-0.05, 0) is 26.0 Å². The number of carboxylic acid groups (broad SMARTS) is 1. The number of rotatable bonds is 5. The van der Waals surface area contributed by atoms with Gasteiger partial charge in [0.1, 0.15) is 12.3 Å². The maximum absolute atomic E-state index is 12.4. The number of methoxy groups -OCH3 is 1. The summed E-state index contributed by atoms with van der Waals surface area (Å²) in [6.45, 7) is 3.87. The molecule has 0 radical (unpaired) electrons. The molecule has 0 aromatic heterocycles. The second-order valence-corrected chi connectivity index (χ2v) is 7.63. The van der Waals surface area contributed by atoms with E-state index in [0.29, 0.717) is 13.0 Å². The first-order valence-corrected chi connectivity index (χ1v) is 9.48. The molecule has 0 unspecified atom stereocenters. The van der Waals surface area contributed by atoms with E-state index in [1.165, 1.54) is 4.90 Å². The number of likely N-dealkylation sites (tertiary alicyclic amines) is 1. The first-order valence-electron chi connectivity index (χ1n) is 9.48. The Labute approximate surface area is 160 Å². The Balaban J connectivity index is 1.72. The molecule has 27 heavy (non-hydrogen) atoms. The zero-order valence-electron chi connectivity index (χ0n) is 16.2. The van der Waals surface area contributed by atoms with E-state index >= 15 is 0 Å². The lowest BCUT2D eigenvalue weighted by Crippen LogP contribution is -2.60. The molecular formula is C20H29N3O4. The van der Waals surface area contributed by atoms with Gasteiger partial charge in [0.15, 0.2) is 0 Å². The number of hydrogen-bond acceptors (Lipinski definition) is 5. The number of piperazine rings is 1. The molecule has 0 bridgehead atoms. The topological polar surface area (TPSA) is 73.3 Å². The van der Waals surface area contributed by atoms with Crippen molar-refractivity contribution >= 4 is 11.9 Å². The van der Waals surface area contributed by atoms with Crippen molar-refractivity contribution in [2.75, 3.05) is 46.9 Å². The molecular weight excluding hydrogens is 346 g/mol. The molecule has 1 aromatic rings. The molecule has 7 heteroatoms. The van der Waals surface area contributed by atoms with E-state index in [1.807, 2.05) is 18.2 Å². The fourth-order valence-electron chi connectivity index (χ4n) is 4.31. The zero-order valence-corrected chi connectivity index (χ0v) is 16.2. The first kappa shape index (κ1) is 19.6. The van der Waals surface area contributed by atoms with Gasteiger partial charge in [-0.15, -0.1) is 0 Å². The highest BCUT2D eigenvalue weighted by atomic mass is 16.5. The number of carbonyl (C=O) groups excluding carboxylic acids is 1. The van der Waals surface area contributed by atoms with E-state index in [2.05, 4.69) is 22.9 Å². The van der Waals surface area contributed by atoms with Gasteiger partial charge >= 0.3 is 5.97 Å². The van der Waals surface area contributed by atoms with Crippen molar-refractivity contribution in [3.05, 3.63) is 29.8 Å². The number of para-hydroxylation sites is 1. The number of ether oxygens (including phenoxy) is 1. The van der Waals surface area contributed by atoms with E-state index in [1.54, 1.807) is 7.11 Å². The van der Waals surface area contributed by atoms with Crippen LogP contribution in [-0.2, 0) is 16.1 Å². The summed E-state index contributed by atoms with van der Waals surface area (Å²) in [6.07, 6.45) is 1.96. The Morgan fingerprint density at radius 1 is 1.22 bits per heavy atom. The van der Waals surface area contributed by atoms with Gasteiger partial charge in [-0.1, -0.05) is 18.2 Å². The Morgan fingerprint density at radius 2 is 2.00 bits per heavy atom. The van der Waals surface area contributed by atoms with Crippen LogP contribution in [0.4, 0.5) is 0 Å². The van der Waals surface area contributed by atoms with Crippen LogP contribution in [0.3, 0.4) is 0 Å². The van der Waals surface area contributed by atoms with Crippen LogP contribution in [0, 0.1) is 0 Å². The molecule has 2 aliphatic heterocycles. The van der Waals surface area contributed by atoms with Gasteiger partial charge in [-0.25, -0.2) is 0 Å². The minimum Gasteiger partial charge on any atom is -0.496 e. The maximum Gasteiger partial charge on any atom is 0.323 e. The lowest BCUT2D eigenvalue weighted by molar-refractivity contribution is -0.144. The fourth-order valence-corrected chi connectivity index (χ4v) is 4.31. The Morgan fingerprint density at radius 3 is 2.74 bits per heavy atom. The summed E-state index contributed by atoms with van der Waals surface area (Å²) in [6, 6.07) is 8.07. The molecule has 7 nitrogen and oxygen atoms in total. The average molecular weight is 375 g/mol. The van der Waals surface area contributed by atoms with Gasteiger partial charge < -0.3 is 14.7 Å². The van der Waals surface area contributed by atoms with Crippen molar-refractivity contribution in [2.24, 2.45) is 0 Å². The van der Waals surface area contributed by atoms with E-state index in [4.69, 9.17) is 9.84 Å². The molecule has 2 aliphatic rings. The van der Waals surface area contributed by atoms with E-state index in [9.17, 15) is 9.59 Å². The number of aliphatic carboxylic acids is 1. The predicted molar refractivity (Wildman–Crippen MR) is 102 cm³/mol. The summed E-state index contributed by atoms with van der Waals surface area (Å²) in [5.74, 6) is -0.104. The Bertz CT molecular complexity index is 696. The predicted octanol–water partition coefficient (Wildman–Crippen LogP) is 1.28. The largest absolute Gasteiger partial charge is 0.496 e. The number of likely N-dealkylation sites (N-methyl/N-ethyl adjacent to an activating group) is 1. The van der Waals surface area contributed by atoms with Crippen molar-refractivity contribution in [1.29, 1.82) is 0 Å². The molecule has 0 aliphatic carbocycles. The van der Waals surface area contributed by atoms with Crippen molar-refractivity contribution in [3.63, 3.8) is 0 Å². The van der Waals surface area contributed by atoms with E-state index in [0.717, 1.165) is 50.3 Å². The molecule has 0 saturated carbocycles. The van der Waals surface area contributed by atoms with Crippen LogP contribution in [0.1, 0.15) is 24.8 Å². The third-order valence-corrected chi connectivity index (χ3v) is 6.00. The van der Waals surface area contributed by atoms with Crippen molar-refractivity contribution in [1.82, 2.24) is 14.7 Å². The van der Waals surface area contributed by atoms with Crippen LogP contribution in [0.25, 0.3) is 0 Å². The van der Waals surface area contributed by atoms with E-state index < -0.39 is 5.97 Å². The quantitative estimate of drug-likeness (QED) is 0.836. The summed E-state index contributed by atoms with van der Waals surface area (Å²) < 4.78 is 5.49. The van der Waals surface area contributed by atoms with Crippen LogP contribution < -0.4 is 4.74 Å². The van der Waals surface area contributed by atoms with Gasteiger partial charge in [-0.3, -0.25) is 19.4 Å². The molecule has 1 aromatic carbocycles. The highest BCUT2D eigenvalue weighted by molar-refractivity contribution is 5.81. The summed E-state index contributed by atoms with van der Waals surface area (Å²) in [4.78, 5) is 29.7. The SMILES string of the molecule is COc1ccccc1CN1CCN(C)[C@@]2(CCC(=O)N(CC(=O)O)CC2)C1. The summed E-state index contributed by atoms with van der Waals surface area (Å²) >= 11 is 0. The summed E-state index contributed by atoms with van der Waals surface area (Å²) in [5, 5.41) is 9.06. The molecule has 148 valence electrons. The third kappa shape index (κ3) is 4.42. The molecule has 1 amide bonds. The van der Waals surface area contributed by atoms with Gasteiger partial charge in [-0.2, -0.15) is 0 Å². The van der Waals surface area contributed by atoms with E-state index in [-0.39, 0.29) is 18.0 Å². The third-order valence-electron chi connectivity index (χ3n) is 6.00. The standard InChI is InChI=1S/C20H29N3O4/c1-21-11-12-22(13-16-5-3-4-6-17(16)27-2)15-20(21)8-7-18(24)23(10-9-20)14-19(25)26/h3-6H,7-15H2,1-2H3,(H,25,26)/t20-/m1/s1. The van der Waals surface area contributed by atoms with Crippen LogP contribution in [0.5, 0.6) is 5.75 Å². The van der Waals surface area contributed by atoms with Crippen LogP contribution in [0.2, 0.25) is 0 Å². The first-order chi connectivity index (χ1) is 12.9. The summed E-state index contributed by atoms with van der Waals surface area (Å²) in [7, 11) is 3.82. The second-order valence-electron chi connectivity index (χ2n) is 7.63. The number of amides is 1. The van der Waals surface area contributed by atoms with Gasteiger partial charge in [0.2, 0.25) is 5.91 Å². The number of hydrogen-bond donors (Lipinski definition) is 1. The number of nitrogens with zero attached hydrogens (tertiary/aromatic N) is 3. The van der Waals surface area contributed by atoms with Crippen molar-refractivity contribution < 1.29 is 19.4 Å². The monoisotopic (exact) mass is 375 g/mol. The summed E-state index contributed by atoms with van der Waals surface area (Å²) in [5.41, 5.74) is 1.07. The van der Waals surface area contributed by atoms with Crippen LogP contribution >= 0.6 is 0 Å². The average Bonchev–Trinajstić information content (AvgIpc) is 2.80. The molecule has 1 atom stereocenters. The fraction of sp³-hybridized carbons (Fsp3) is 0.600. The molecule has 2 fully saturated rings. The van der Waals surface area contributed by atoms with Crippen LogP contribution in [-0.4, -0.2) is 84.1 Å². The van der Waals surface area contributed by atoms with Crippen molar-refractivity contribution in [3.8, 4) is 5.75 Å². The van der Waals surface area contributed by atoms with Gasteiger partial charge in [0.25, 0.3) is 0 Å². The zero-order chi connectivity index (χ0) is 19.4. The van der Waals surface area contributed by atoms with Gasteiger partial charge in [0, 0.05) is 50.2 Å². The molecule has 3 rings (SSSR count). The molecule has 1 N–H and O–H groups in total. The second kappa shape index (κ2) is 8.27. The molecule has 2 heterocycles. The number of benzene rings is 1. The highest BCUT2D eigenvalue weighted by Gasteiger charge is 2.42. The maximum atomic E-state index is 12.4.